The number of hydrogen-bond donors (Lipinski definition) is 0. The van der Waals surface area contributed by atoms with E-state index in [-0.39, 0.29) is 4.75 Å². The Labute approximate surface area is 184 Å². The maximum atomic E-state index is 12.5. The lowest BCUT2D eigenvalue weighted by atomic mass is 9.84. The highest BCUT2D eigenvalue weighted by atomic mass is 32.2. The molecule has 0 saturated carbocycles. The third kappa shape index (κ3) is 4.46. The number of carbonyl (C=O) groups is 1. The van der Waals surface area contributed by atoms with Crippen molar-refractivity contribution in [2.24, 2.45) is 0 Å². The third-order valence-corrected chi connectivity index (χ3v) is 7.49. The fourth-order valence-corrected chi connectivity index (χ4v) is 5.84. The molecular weight excluding hydrogens is 386 g/mol. The summed E-state index contributed by atoms with van der Waals surface area (Å²) < 4.78 is -0.291. The Morgan fingerprint density at radius 2 is 1.17 bits per heavy atom. The lowest BCUT2D eigenvalue weighted by molar-refractivity contribution is -0.130. The van der Waals surface area contributed by atoms with E-state index in [1.54, 1.807) is 0 Å². The Morgan fingerprint density at radius 3 is 1.60 bits per heavy atom. The minimum Gasteiger partial charge on any atom is -0.343 e. The maximum absolute atomic E-state index is 12.5. The lowest BCUT2D eigenvalue weighted by Gasteiger charge is -2.35. The molecule has 0 aliphatic carbocycles. The van der Waals surface area contributed by atoms with Crippen LogP contribution < -0.4 is 0 Å². The van der Waals surface area contributed by atoms with Crippen LogP contribution in [-0.4, -0.2) is 29.6 Å². The summed E-state index contributed by atoms with van der Waals surface area (Å²) >= 11 is 1.94. The van der Waals surface area contributed by atoms with Crippen molar-refractivity contribution >= 4 is 17.7 Å². The van der Waals surface area contributed by atoms with Crippen LogP contribution in [0.3, 0.4) is 0 Å². The topological polar surface area (TPSA) is 20.3 Å². The number of benzene rings is 3. The quantitative estimate of drug-likeness (QED) is 0.326. The highest BCUT2D eigenvalue weighted by Crippen LogP contribution is 2.48. The molecule has 0 unspecified atom stereocenters. The summed E-state index contributed by atoms with van der Waals surface area (Å²) in [5.41, 5.74) is 3.83. The lowest BCUT2D eigenvalue weighted by Crippen LogP contribution is -2.28. The second-order valence-corrected chi connectivity index (χ2v) is 9.13. The molecule has 30 heavy (non-hydrogen) atoms. The molecular formula is C27H29NOS. The zero-order chi connectivity index (χ0) is 20.7. The molecule has 0 aromatic heterocycles. The minimum atomic E-state index is -0.291. The molecule has 2 nitrogen and oxygen atoms in total. The van der Waals surface area contributed by atoms with E-state index in [0.717, 1.165) is 38.1 Å². The number of nitrogens with zero attached hydrogens (tertiary/aromatic N) is 1. The van der Waals surface area contributed by atoms with Crippen LogP contribution in [0.4, 0.5) is 0 Å². The summed E-state index contributed by atoms with van der Waals surface area (Å²) in [7, 11) is 0. The number of thioether (sulfide) groups is 1. The Balaban J connectivity index is 1.62. The van der Waals surface area contributed by atoms with Crippen molar-refractivity contribution in [3.8, 4) is 0 Å². The highest BCUT2D eigenvalue weighted by molar-refractivity contribution is 8.00. The molecule has 1 aliphatic rings. The Morgan fingerprint density at radius 1 is 0.733 bits per heavy atom. The second kappa shape index (κ2) is 9.99. The Bertz CT molecular complexity index is 824. The van der Waals surface area contributed by atoms with Gasteiger partial charge in [0, 0.05) is 19.5 Å². The van der Waals surface area contributed by atoms with Crippen molar-refractivity contribution in [1.29, 1.82) is 0 Å². The standard InChI is InChI=1S/C27H29NOS/c29-26(28-20-10-11-21-28)19-12-22-30-27(23-13-4-1-5-14-23,24-15-6-2-7-16-24)25-17-8-3-9-18-25/h1-9,13-18H,10-12,19-22H2. The number of rotatable bonds is 8. The van der Waals surface area contributed by atoms with Crippen LogP contribution in [0.1, 0.15) is 42.4 Å². The SMILES string of the molecule is O=C(CCCSC(c1ccccc1)(c1ccccc1)c1ccccc1)N1CCCC1. The van der Waals surface area contributed by atoms with Gasteiger partial charge in [0.1, 0.15) is 0 Å². The molecule has 1 saturated heterocycles. The van der Waals surface area contributed by atoms with Crippen LogP contribution in [0.15, 0.2) is 91.0 Å². The van der Waals surface area contributed by atoms with E-state index in [2.05, 4.69) is 91.0 Å². The van der Waals surface area contributed by atoms with Gasteiger partial charge in [-0.15, -0.1) is 11.8 Å². The first-order valence-electron chi connectivity index (χ1n) is 10.9. The van der Waals surface area contributed by atoms with Gasteiger partial charge in [-0.3, -0.25) is 4.79 Å². The largest absolute Gasteiger partial charge is 0.343 e. The van der Waals surface area contributed by atoms with Crippen molar-refractivity contribution in [1.82, 2.24) is 4.90 Å². The molecule has 154 valence electrons. The molecule has 3 aromatic rings. The van der Waals surface area contributed by atoms with Gasteiger partial charge in [0.05, 0.1) is 4.75 Å². The zero-order valence-corrected chi connectivity index (χ0v) is 18.2. The summed E-state index contributed by atoms with van der Waals surface area (Å²) in [6, 6.07) is 32.3. The normalized spacial score (nSPS) is 14.1. The van der Waals surface area contributed by atoms with Crippen molar-refractivity contribution in [3.63, 3.8) is 0 Å². The number of amides is 1. The zero-order valence-electron chi connectivity index (χ0n) is 17.4. The molecule has 0 bridgehead atoms. The first-order valence-corrected chi connectivity index (χ1v) is 11.9. The van der Waals surface area contributed by atoms with E-state index in [1.165, 1.54) is 16.7 Å². The fraction of sp³-hybridized carbons (Fsp3) is 0.296. The number of likely N-dealkylation sites (tertiary alicyclic amines) is 1. The van der Waals surface area contributed by atoms with Crippen LogP contribution in [0.2, 0.25) is 0 Å². The summed E-state index contributed by atoms with van der Waals surface area (Å²) in [6.07, 6.45) is 3.84. The summed E-state index contributed by atoms with van der Waals surface area (Å²) in [5, 5.41) is 0. The molecule has 0 atom stereocenters. The van der Waals surface area contributed by atoms with Crippen LogP contribution in [-0.2, 0) is 9.54 Å². The molecule has 3 aromatic carbocycles. The molecule has 1 amide bonds. The van der Waals surface area contributed by atoms with E-state index in [9.17, 15) is 4.79 Å². The van der Waals surface area contributed by atoms with Crippen molar-refractivity contribution in [3.05, 3.63) is 108 Å². The van der Waals surface area contributed by atoms with E-state index >= 15 is 0 Å². The Kier molecular flexibility index (Phi) is 6.91. The molecule has 1 heterocycles. The van der Waals surface area contributed by atoms with E-state index in [1.807, 2.05) is 16.7 Å². The summed E-state index contributed by atoms with van der Waals surface area (Å²) in [6.45, 7) is 1.88. The minimum absolute atomic E-state index is 0.291. The van der Waals surface area contributed by atoms with Gasteiger partial charge in [0.15, 0.2) is 0 Å². The van der Waals surface area contributed by atoms with Crippen LogP contribution >= 0.6 is 11.8 Å². The molecule has 3 heteroatoms. The van der Waals surface area contributed by atoms with Gasteiger partial charge in [-0.1, -0.05) is 91.0 Å². The van der Waals surface area contributed by atoms with Gasteiger partial charge >= 0.3 is 0 Å². The smallest absolute Gasteiger partial charge is 0.222 e. The van der Waals surface area contributed by atoms with Gasteiger partial charge in [0.25, 0.3) is 0 Å². The van der Waals surface area contributed by atoms with Gasteiger partial charge in [0.2, 0.25) is 5.91 Å². The van der Waals surface area contributed by atoms with Gasteiger partial charge in [-0.05, 0) is 41.7 Å². The number of hydrogen-bond acceptors (Lipinski definition) is 2. The molecule has 1 aliphatic heterocycles. The maximum Gasteiger partial charge on any atom is 0.222 e. The second-order valence-electron chi connectivity index (χ2n) is 7.82. The van der Waals surface area contributed by atoms with Crippen LogP contribution in [0, 0.1) is 0 Å². The Hall–Kier alpha value is -2.52. The average Bonchev–Trinajstić information content (AvgIpc) is 3.36. The van der Waals surface area contributed by atoms with Gasteiger partial charge in [-0.25, -0.2) is 0 Å². The monoisotopic (exact) mass is 415 g/mol. The van der Waals surface area contributed by atoms with E-state index in [0.29, 0.717) is 12.3 Å². The first kappa shape index (κ1) is 20.7. The average molecular weight is 416 g/mol. The van der Waals surface area contributed by atoms with Crippen LogP contribution in [0.25, 0.3) is 0 Å². The molecule has 0 spiro atoms. The van der Waals surface area contributed by atoms with Crippen molar-refractivity contribution < 1.29 is 4.79 Å². The predicted molar refractivity (Wildman–Crippen MR) is 127 cm³/mol. The van der Waals surface area contributed by atoms with Crippen LogP contribution in [0.5, 0.6) is 0 Å². The fourth-order valence-electron chi connectivity index (χ4n) is 4.34. The molecule has 0 radical (unpaired) electrons. The third-order valence-electron chi connectivity index (χ3n) is 5.85. The molecule has 1 fully saturated rings. The highest BCUT2D eigenvalue weighted by Gasteiger charge is 2.36. The predicted octanol–water partition coefficient (Wildman–Crippen LogP) is 6.11. The molecule has 0 N–H and O–H groups in total. The van der Waals surface area contributed by atoms with E-state index < -0.39 is 0 Å². The number of carbonyl (C=O) groups excluding carboxylic acids is 1. The first-order chi connectivity index (χ1) is 14.8. The van der Waals surface area contributed by atoms with Crippen molar-refractivity contribution in [2.45, 2.75) is 30.4 Å². The van der Waals surface area contributed by atoms with Crippen molar-refractivity contribution in [2.75, 3.05) is 18.8 Å². The van der Waals surface area contributed by atoms with Gasteiger partial charge < -0.3 is 4.90 Å². The van der Waals surface area contributed by atoms with E-state index in [4.69, 9.17) is 0 Å². The van der Waals surface area contributed by atoms with Gasteiger partial charge in [-0.2, -0.15) is 0 Å². The summed E-state index contributed by atoms with van der Waals surface area (Å²) in [5.74, 6) is 1.25. The molecule has 4 rings (SSSR count). The summed E-state index contributed by atoms with van der Waals surface area (Å²) in [4.78, 5) is 14.5.